The fourth-order valence-electron chi connectivity index (χ4n) is 3.37. The highest BCUT2D eigenvalue weighted by atomic mass is 35.5. The molecule has 0 aliphatic carbocycles. The van der Waals surface area contributed by atoms with Crippen molar-refractivity contribution in [1.29, 1.82) is 0 Å². The Morgan fingerprint density at radius 1 is 1.46 bits per heavy atom. The zero-order valence-electron chi connectivity index (χ0n) is 14.3. The molecule has 1 spiro atoms. The molecule has 2 aliphatic heterocycles. The van der Waals surface area contributed by atoms with Crippen LogP contribution in [0.1, 0.15) is 13.3 Å². The Hall–Kier alpha value is -1.74. The van der Waals surface area contributed by atoms with Gasteiger partial charge in [-0.25, -0.2) is 4.79 Å². The van der Waals surface area contributed by atoms with Crippen LogP contribution in [0.2, 0.25) is 5.02 Å². The molecule has 3 heterocycles. The first-order valence-corrected chi connectivity index (χ1v) is 9.63. The van der Waals surface area contributed by atoms with E-state index in [1.807, 2.05) is 25.1 Å². The van der Waals surface area contributed by atoms with E-state index in [1.165, 1.54) is 11.3 Å². The maximum atomic E-state index is 12.7. The number of nitrogens with one attached hydrogen (secondary N) is 1. The molecule has 2 aliphatic rings. The van der Waals surface area contributed by atoms with E-state index >= 15 is 0 Å². The molecule has 26 heavy (non-hydrogen) atoms. The quantitative estimate of drug-likeness (QED) is 0.845. The van der Waals surface area contributed by atoms with E-state index in [2.05, 4.69) is 15.5 Å². The molecule has 9 heteroatoms. The van der Waals surface area contributed by atoms with Gasteiger partial charge in [-0.05, 0) is 19.1 Å². The van der Waals surface area contributed by atoms with Crippen LogP contribution < -0.4 is 5.32 Å². The molecule has 138 valence electrons. The number of carbonyl (C=O) groups is 1. The van der Waals surface area contributed by atoms with Crippen molar-refractivity contribution in [2.75, 3.05) is 31.6 Å². The van der Waals surface area contributed by atoms with Crippen molar-refractivity contribution < 1.29 is 14.3 Å². The first kappa shape index (κ1) is 17.7. The molecule has 2 aromatic rings. The number of benzene rings is 1. The third kappa shape index (κ3) is 3.68. The van der Waals surface area contributed by atoms with Crippen LogP contribution in [-0.2, 0) is 9.47 Å². The number of halogens is 1. The summed E-state index contributed by atoms with van der Waals surface area (Å²) in [4.78, 5) is 14.5. The molecule has 2 fully saturated rings. The van der Waals surface area contributed by atoms with Crippen molar-refractivity contribution in [3.05, 3.63) is 29.3 Å². The lowest BCUT2D eigenvalue weighted by Crippen LogP contribution is -2.57. The average Bonchev–Trinajstić information content (AvgIpc) is 3.24. The number of aromatic nitrogens is 2. The smallest absolute Gasteiger partial charge is 0.323 e. The van der Waals surface area contributed by atoms with E-state index in [0.29, 0.717) is 41.5 Å². The number of morpholine rings is 1. The fourth-order valence-corrected chi connectivity index (χ4v) is 4.29. The van der Waals surface area contributed by atoms with Crippen LogP contribution in [-0.4, -0.2) is 59.1 Å². The molecular weight excluding hydrogens is 376 g/mol. The molecule has 1 aromatic carbocycles. The third-order valence-electron chi connectivity index (χ3n) is 4.47. The maximum Gasteiger partial charge on any atom is 0.323 e. The van der Waals surface area contributed by atoms with Crippen molar-refractivity contribution in [2.24, 2.45) is 0 Å². The van der Waals surface area contributed by atoms with Crippen molar-refractivity contribution in [1.82, 2.24) is 15.1 Å². The van der Waals surface area contributed by atoms with Gasteiger partial charge in [0, 0.05) is 30.2 Å². The summed E-state index contributed by atoms with van der Waals surface area (Å²) in [5, 5.41) is 12.9. The summed E-state index contributed by atoms with van der Waals surface area (Å²) in [6.45, 7) is 4.22. The van der Waals surface area contributed by atoms with Crippen LogP contribution in [0.3, 0.4) is 0 Å². The Morgan fingerprint density at radius 3 is 3.12 bits per heavy atom. The van der Waals surface area contributed by atoms with Crippen LogP contribution in [0.5, 0.6) is 0 Å². The standard InChI is InChI=1S/C17H19ClN4O3S/c1-11-8-22(9-17(25-11)5-6-24-10-17)16(23)19-15-21-20-14(26-15)12-3-2-4-13(18)7-12/h2-4,7,11H,5-6,8-10H2,1H3,(H,19,21,23). The Balaban J connectivity index is 1.45. The zero-order valence-corrected chi connectivity index (χ0v) is 15.8. The van der Waals surface area contributed by atoms with Crippen molar-refractivity contribution >= 4 is 34.1 Å². The van der Waals surface area contributed by atoms with E-state index in [1.54, 1.807) is 11.0 Å². The van der Waals surface area contributed by atoms with Gasteiger partial charge in [-0.15, -0.1) is 10.2 Å². The van der Waals surface area contributed by atoms with E-state index in [9.17, 15) is 4.79 Å². The van der Waals surface area contributed by atoms with Crippen molar-refractivity contribution in [3.63, 3.8) is 0 Å². The number of hydrogen-bond donors (Lipinski definition) is 1. The summed E-state index contributed by atoms with van der Waals surface area (Å²) in [7, 11) is 0. The Morgan fingerprint density at radius 2 is 2.35 bits per heavy atom. The van der Waals surface area contributed by atoms with Crippen LogP contribution in [0.4, 0.5) is 9.93 Å². The zero-order chi connectivity index (χ0) is 18.1. The molecule has 0 radical (unpaired) electrons. The molecule has 2 saturated heterocycles. The fraction of sp³-hybridized carbons (Fsp3) is 0.471. The molecule has 1 N–H and O–H groups in total. The third-order valence-corrected chi connectivity index (χ3v) is 5.60. The number of carbonyl (C=O) groups excluding carboxylic acids is 1. The lowest BCUT2D eigenvalue weighted by molar-refractivity contribution is -0.136. The summed E-state index contributed by atoms with van der Waals surface area (Å²) < 4.78 is 11.5. The van der Waals surface area contributed by atoms with Crippen molar-refractivity contribution in [3.8, 4) is 10.6 Å². The van der Waals surface area contributed by atoms with Gasteiger partial charge in [0.15, 0.2) is 0 Å². The maximum absolute atomic E-state index is 12.7. The molecule has 0 bridgehead atoms. The number of rotatable bonds is 2. The Kier molecular flexibility index (Phi) is 4.83. The van der Waals surface area contributed by atoms with Gasteiger partial charge < -0.3 is 14.4 Å². The summed E-state index contributed by atoms with van der Waals surface area (Å²) >= 11 is 7.33. The highest BCUT2D eigenvalue weighted by molar-refractivity contribution is 7.18. The van der Waals surface area contributed by atoms with Crippen molar-refractivity contribution in [2.45, 2.75) is 25.0 Å². The van der Waals surface area contributed by atoms with Gasteiger partial charge in [0.2, 0.25) is 5.13 Å². The number of urea groups is 1. The first-order chi connectivity index (χ1) is 12.5. The highest BCUT2D eigenvalue weighted by Gasteiger charge is 2.44. The lowest BCUT2D eigenvalue weighted by atomic mass is 9.99. The lowest BCUT2D eigenvalue weighted by Gasteiger charge is -2.42. The minimum atomic E-state index is -0.387. The van der Waals surface area contributed by atoms with E-state index in [4.69, 9.17) is 21.1 Å². The molecule has 2 unspecified atom stereocenters. The monoisotopic (exact) mass is 394 g/mol. The van der Waals surface area contributed by atoms with Gasteiger partial charge in [-0.1, -0.05) is 35.1 Å². The van der Waals surface area contributed by atoms with Crippen LogP contribution >= 0.6 is 22.9 Å². The number of hydrogen-bond acceptors (Lipinski definition) is 6. The SMILES string of the molecule is CC1CN(C(=O)Nc2nnc(-c3cccc(Cl)c3)s2)CC2(CCOC2)O1. The summed E-state index contributed by atoms with van der Waals surface area (Å²) in [6, 6.07) is 7.19. The molecule has 2 amide bonds. The minimum absolute atomic E-state index is 0.0346. The van der Waals surface area contributed by atoms with E-state index < -0.39 is 0 Å². The van der Waals surface area contributed by atoms with Gasteiger partial charge in [0.1, 0.15) is 10.6 Å². The summed E-state index contributed by atoms with van der Waals surface area (Å²) in [5.41, 5.74) is 0.486. The predicted molar refractivity (Wildman–Crippen MR) is 99.7 cm³/mol. The summed E-state index contributed by atoms with van der Waals surface area (Å²) in [6.07, 6.45) is 0.770. The normalized spacial score (nSPS) is 25.6. The molecule has 4 rings (SSSR count). The Bertz CT molecular complexity index is 809. The van der Waals surface area contributed by atoms with Gasteiger partial charge in [0.05, 0.1) is 19.3 Å². The van der Waals surface area contributed by atoms with Crippen LogP contribution in [0, 0.1) is 0 Å². The number of anilines is 1. The largest absolute Gasteiger partial charge is 0.378 e. The number of ether oxygens (including phenoxy) is 2. The second-order valence-electron chi connectivity index (χ2n) is 6.65. The first-order valence-electron chi connectivity index (χ1n) is 8.44. The second kappa shape index (κ2) is 7.11. The molecule has 0 saturated carbocycles. The van der Waals surface area contributed by atoms with Gasteiger partial charge in [-0.2, -0.15) is 0 Å². The molecular formula is C17H19ClN4O3S. The van der Waals surface area contributed by atoms with Gasteiger partial charge >= 0.3 is 6.03 Å². The minimum Gasteiger partial charge on any atom is -0.378 e. The molecule has 7 nitrogen and oxygen atoms in total. The summed E-state index contributed by atoms with van der Waals surface area (Å²) in [5.74, 6) is 0. The van der Waals surface area contributed by atoms with E-state index in [0.717, 1.165) is 12.0 Å². The van der Waals surface area contributed by atoms with Crippen LogP contribution in [0.25, 0.3) is 10.6 Å². The molecule has 2 atom stereocenters. The average molecular weight is 395 g/mol. The Labute approximate surface area is 160 Å². The van der Waals surface area contributed by atoms with E-state index in [-0.39, 0.29) is 17.7 Å². The number of amides is 2. The van der Waals surface area contributed by atoms with Gasteiger partial charge in [-0.3, -0.25) is 5.32 Å². The van der Waals surface area contributed by atoms with Gasteiger partial charge in [0.25, 0.3) is 0 Å². The topological polar surface area (TPSA) is 76.6 Å². The highest BCUT2D eigenvalue weighted by Crippen LogP contribution is 2.31. The molecule has 1 aromatic heterocycles. The second-order valence-corrected chi connectivity index (χ2v) is 8.06. The predicted octanol–water partition coefficient (Wildman–Crippen LogP) is 3.27. The number of nitrogens with zero attached hydrogens (tertiary/aromatic N) is 3. The van der Waals surface area contributed by atoms with Crippen LogP contribution in [0.15, 0.2) is 24.3 Å².